The molecule has 0 radical (unpaired) electrons. The summed E-state index contributed by atoms with van der Waals surface area (Å²) in [5, 5.41) is 9.22. The van der Waals surface area contributed by atoms with E-state index < -0.39 is 12.0 Å². The van der Waals surface area contributed by atoms with E-state index in [0.29, 0.717) is 32.5 Å². The van der Waals surface area contributed by atoms with Crippen LogP contribution in [0.15, 0.2) is 41.0 Å². The van der Waals surface area contributed by atoms with Crippen molar-refractivity contribution in [3.63, 3.8) is 0 Å². The highest BCUT2D eigenvalue weighted by molar-refractivity contribution is 5.95. The average Bonchev–Trinajstić information content (AvgIpc) is 3.26. The number of aromatic carboxylic acids is 1. The van der Waals surface area contributed by atoms with Gasteiger partial charge in [0, 0.05) is 19.6 Å². The molecule has 7 nitrogen and oxygen atoms in total. The molecule has 0 aliphatic carbocycles. The predicted octanol–water partition coefficient (Wildman–Crippen LogP) is 2.56. The summed E-state index contributed by atoms with van der Waals surface area (Å²) >= 11 is 0. The summed E-state index contributed by atoms with van der Waals surface area (Å²) in [5.41, 5.74) is 2.15. The molecule has 1 saturated heterocycles. The van der Waals surface area contributed by atoms with Gasteiger partial charge in [-0.2, -0.15) is 0 Å². The minimum Gasteiger partial charge on any atom is -0.478 e. The van der Waals surface area contributed by atoms with Crippen LogP contribution in [0.2, 0.25) is 0 Å². The molecular formula is C21H22N2O5. The molecule has 2 aliphatic heterocycles. The van der Waals surface area contributed by atoms with Gasteiger partial charge in [0.15, 0.2) is 5.76 Å². The van der Waals surface area contributed by atoms with Gasteiger partial charge >= 0.3 is 5.97 Å². The third kappa shape index (κ3) is 3.40. The number of benzene rings is 1. The largest absolute Gasteiger partial charge is 0.478 e. The van der Waals surface area contributed by atoms with E-state index in [1.54, 1.807) is 34.1 Å². The molecule has 28 heavy (non-hydrogen) atoms. The van der Waals surface area contributed by atoms with Crippen LogP contribution in [-0.4, -0.2) is 51.8 Å². The minimum atomic E-state index is -0.978. The summed E-state index contributed by atoms with van der Waals surface area (Å²) in [6.07, 6.45) is 4.52. The molecule has 3 heterocycles. The van der Waals surface area contributed by atoms with Crippen molar-refractivity contribution < 1.29 is 23.9 Å². The van der Waals surface area contributed by atoms with Crippen LogP contribution in [0.1, 0.15) is 51.3 Å². The van der Waals surface area contributed by atoms with Crippen LogP contribution in [0, 0.1) is 0 Å². The van der Waals surface area contributed by atoms with Crippen LogP contribution in [0.3, 0.4) is 0 Å². The third-order valence-corrected chi connectivity index (χ3v) is 5.56. The standard InChI is InChI=1S/C21H22N2O5/c24-19(17-4-1-2-9-23(17)20(25)18-5-3-11-28-18)22-10-8-14-6-7-15(21(26)27)12-16(14)13-22/h3,5-7,11-12,17H,1-2,4,8-10,13H2,(H,26,27). The predicted molar refractivity (Wildman–Crippen MR) is 99.9 cm³/mol. The number of hydrogen-bond acceptors (Lipinski definition) is 4. The Morgan fingerprint density at radius 2 is 1.93 bits per heavy atom. The summed E-state index contributed by atoms with van der Waals surface area (Å²) in [6, 6.07) is 7.84. The van der Waals surface area contributed by atoms with E-state index in [1.807, 2.05) is 6.07 Å². The van der Waals surface area contributed by atoms with Crippen molar-refractivity contribution in [2.75, 3.05) is 13.1 Å². The Kier molecular flexibility index (Phi) is 4.90. The van der Waals surface area contributed by atoms with Crippen LogP contribution < -0.4 is 0 Å². The van der Waals surface area contributed by atoms with E-state index in [4.69, 9.17) is 4.42 Å². The van der Waals surface area contributed by atoms with Gasteiger partial charge in [-0.05, 0) is 61.1 Å². The topological polar surface area (TPSA) is 91.1 Å². The first-order chi connectivity index (χ1) is 13.5. The molecule has 2 aromatic rings. The number of likely N-dealkylation sites (tertiary alicyclic amines) is 1. The number of fused-ring (bicyclic) bond motifs is 1. The Hall–Kier alpha value is -3.09. The van der Waals surface area contributed by atoms with Gasteiger partial charge in [0.25, 0.3) is 5.91 Å². The second kappa shape index (κ2) is 7.50. The number of carbonyl (C=O) groups excluding carboxylic acids is 2. The molecule has 1 aromatic heterocycles. The number of carboxylic acid groups (broad SMARTS) is 1. The van der Waals surface area contributed by atoms with Crippen molar-refractivity contribution in [3.05, 3.63) is 59.0 Å². The van der Waals surface area contributed by atoms with Gasteiger partial charge in [-0.25, -0.2) is 4.79 Å². The molecule has 0 bridgehead atoms. The second-order valence-corrected chi connectivity index (χ2v) is 7.29. The maximum atomic E-state index is 13.3. The molecule has 7 heteroatoms. The minimum absolute atomic E-state index is 0.0778. The SMILES string of the molecule is O=C(O)c1ccc2c(c1)CN(C(=O)C1CCCCN1C(=O)c1ccco1)CC2. The lowest BCUT2D eigenvalue weighted by Crippen LogP contribution is -2.53. The second-order valence-electron chi connectivity index (χ2n) is 7.29. The summed E-state index contributed by atoms with van der Waals surface area (Å²) < 4.78 is 5.23. The fraction of sp³-hybridized carbons (Fsp3) is 0.381. The number of rotatable bonds is 3. The molecule has 1 fully saturated rings. The maximum absolute atomic E-state index is 13.3. The monoisotopic (exact) mass is 382 g/mol. The summed E-state index contributed by atoms with van der Waals surface area (Å²) in [5.74, 6) is -1.07. The van der Waals surface area contributed by atoms with Crippen molar-refractivity contribution in [3.8, 4) is 0 Å². The van der Waals surface area contributed by atoms with Crippen molar-refractivity contribution >= 4 is 17.8 Å². The number of furan rings is 1. The fourth-order valence-electron chi connectivity index (χ4n) is 4.06. The van der Waals surface area contributed by atoms with Crippen LogP contribution in [0.5, 0.6) is 0 Å². The Balaban J connectivity index is 1.54. The Bertz CT molecular complexity index is 906. The van der Waals surface area contributed by atoms with E-state index in [-0.39, 0.29) is 23.1 Å². The molecular weight excluding hydrogens is 360 g/mol. The number of amides is 2. The first kappa shape index (κ1) is 18.3. The number of nitrogens with zero attached hydrogens (tertiary/aromatic N) is 2. The molecule has 1 atom stereocenters. The summed E-state index contributed by atoms with van der Waals surface area (Å²) in [6.45, 7) is 1.47. The molecule has 0 spiro atoms. The Morgan fingerprint density at radius 3 is 2.68 bits per heavy atom. The third-order valence-electron chi connectivity index (χ3n) is 5.56. The highest BCUT2D eigenvalue weighted by Gasteiger charge is 2.36. The Labute approximate surface area is 162 Å². The highest BCUT2D eigenvalue weighted by Crippen LogP contribution is 2.26. The summed E-state index contributed by atoms with van der Waals surface area (Å²) in [4.78, 5) is 40.6. The van der Waals surface area contributed by atoms with Crippen molar-refractivity contribution in [2.24, 2.45) is 0 Å². The van der Waals surface area contributed by atoms with E-state index in [2.05, 4.69) is 0 Å². The van der Waals surface area contributed by atoms with E-state index in [0.717, 1.165) is 24.0 Å². The Morgan fingerprint density at radius 1 is 1.07 bits per heavy atom. The number of carboxylic acids is 1. The molecule has 2 aliphatic rings. The average molecular weight is 382 g/mol. The molecule has 1 unspecified atom stereocenters. The molecule has 0 saturated carbocycles. The van der Waals surface area contributed by atoms with Gasteiger partial charge in [-0.15, -0.1) is 0 Å². The smallest absolute Gasteiger partial charge is 0.335 e. The van der Waals surface area contributed by atoms with Crippen LogP contribution in [0.4, 0.5) is 0 Å². The molecule has 1 aromatic carbocycles. The van der Waals surface area contributed by atoms with Crippen LogP contribution in [-0.2, 0) is 17.8 Å². The lowest BCUT2D eigenvalue weighted by molar-refractivity contribution is -0.138. The molecule has 146 valence electrons. The molecule has 2 amide bonds. The highest BCUT2D eigenvalue weighted by atomic mass is 16.4. The zero-order chi connectivity index (χ0) is 19.7. The first-order valence-corrected chi connectivity index (χ1v) is 9.53. The van der Waals surface area contributed by atoms with E-state index in [1.165, 1.54) is 6.26 Å². The zero-order valence-electron chi connectivity index (χ0n) is 15.5. The van der Waals surface area contributed by atoms with E-state index >= 15 is 0 Å². The summed E-state index contributed by atoms with van der Waals surface area (Å²) in [7, 11) is 0. The van der Waals surface area contributed by atoms with Gasteiger partial charge in [0.05, 0.1) is 11.8 Å². The van der Waals surface area contributed by atoms with Crippen molar-refractivity contribution in [1.82, 2.24) is 9.80 Å². The maximum Gasteiger partial charge on any atom is 0.335 e. The van der Waals surface area contributed by atoms with Gasteiger partial charge < -0.3 is 19.3 Å². The molecule has 4 rings (SSSR count). The lowest BCUT2D eigenvalue weighted by atomic mass is 9.95. The zero-order valence-corrected chi connectivity index (χ0v) is 15.5. The van der Waals surface area contributed by atoms with Crippen LogP contribution in [0.25, 0.3) is 0 Å². The van der Waals surface area contributed by atoms with Gasteiger partial charge in [0.2, 0.25) is 5.91 Å². The van der Waals surface area contributed by atoms with E-state index in [9.17, 15) is 19.5 Å². The quantitative estimate of drug-likeness (QED) is 0.881. The van der Waals surface area contributed by atoms with Crippen LogP contribution >= 0.6 is 0 Å². The number of piperidine rings is 1. The number of hydrogen-bond donors (Lipinski definition) is 1. The van der Waals surface area contributed by atoms with Crippen molar-refractivity contribution in [1.29, 1.82) is 0 Å². The number of carbonyl (C=O) groups is 3. The van der Waals surface area contributed by atoms with Crippen molar-refractivity contribution in [2.45, 2.75) is 38.3 Å². The fourth-order valence-corrected chi connectivity index (χ4v) is 4.06. The van der Waals surface area contributed by atoms with Gasteiger partial charge in [0.1, 0.15) is 6.04 Å². The molecule has 1 N–H and O–H groups in total. The van der Waals surface area contributed by atoms with Gasteiger partial charge in [-0.1, -0.05) is 6.07 Å². The first-order valence-electron chi connectivity index (χ1n) is 9.53. The van der Waals surface area contributed by atoms with Gasteiger partial charge in [-0.3, -0.25) is 9.59 Å². The normalized spacial score (nSPS) is 19.2. The lowest BCUT2D eigenvalue weighted by Gasteiger charge is -2.38.